The number of hydrogen-bond donors (Lipinski definition) is 1. The molecule has 0 aliphatic heterocycles. The number of para-hydroxylation sites is 1. The second-order valence-electron chi connectivity index (χ2n) is 8.22. The van der Waals surface area contributed by atoms with Gasteiger partial charge in [0.25, 0.3) is 5.91 Å². The van der Waals surface area contributed by atoms with Crippen LogP contribution in [0, 0.1) is 0 Å². The lowest BCUT2D eigenvalue weighted by atomic mass is 10.1. The van der Waals surface area contributed by atoms with E-state index in [0.29, 0.717) is 17.2 Å². The van der Waals surface area contributed by atoms with Crippen molar-refractivity contribution in [1.29, 1.82) is 0 Å². The molecule has 0 aliphatic carbocycles. The Balaban J connectivity index is 1.37. The third-order valence-electron chi connectivity index (χ3n) is 5.60. The fraction of sp³-hybridized carbons (Fsp3) is 0.0333. The van der Waals surface area contributed by atoms with Crippen molar-refractivity contribution in [2.24, 2.45) is 5.10 Å². The fourth-order valence-corrected chi connectivity index (χ4v) is 3.91. The number of nitrogens with zero attached hydrogens (tertiary/aromatic N) is 3. The van der Waals surface area contributed by atoms with Crippen LogP contribution in [0.3, 0.4) is 0 Å². The number of halogens is 1. The zero-order valence-electron chi connectivity index (χ0n) is 19.8. The normalized spacial score (nSPS) is 10.9. The van der Waals surface area contributed by atoms with Gasteiger partial charge in [-0.25, -0.2) is 10.1 Å². The van der Waals surface area contributed by atoms with Crippen molar-refractivity contribution in [3.05, 3.63) is 137 Å². The first kappa shape index (κ1) is 24.0. The van der Waals surface area contributed by atoms with Crippen molar-refractivity contribution in [3.63, 3.8) is 0 Å². The van der Waals surface area contributed by atoms with Crippen molar-refractivity contribution >= 4 is 23.7 Å². The Morgan fingerprint density at radius 3 is 2.38 bits per heavy atom. The summed E-state index contributed by atoms with van der Waals surface area (Å²) in [5.41, 5.74) is 7.36. The summed E-state index contributed by atoms with van der Waals surface area (Å²) in [6.45, 7) is 0.493. The van der Waals surface area contributed by atoms with E-state index < -0.39 is 0 Å². The van der Waals surface area contributed by atoms with E-state index in [1.807, 2.05) is 91.1 Å². The van der Waals surface area contributed by atoms with Gasteiger partial charge in [0.1, 0.15) is 18.1 Å². The summed E-state index contributed by atoms with van der Waals surface area (Å²) in [4.78, 5) is 12.5. The second kappa shape index (κ2) is 11.4. The number of carbonyl (C=O) groups is 1. The van der Waals surface area contributed by atoms with E-state index in [0.717, 1.165) is 33.8 Å². The van der Waals surface area contributed by atoms with Gasteiger partial charge < -0.3 is 4.74 Å². The summed E-state index contributed by atoms with van der Waals surface area (Å²) in [5.74, 6) is 0.412. The number of carbonyl (C=O) groups excluding carboxylic acids is 1. The molecule has 0 unspecified atom stereocenters. The maximum absolute atomic E-state index is 12.5. The number of amides is 1. The van der Waals surface area contributed by atoms with Crippen LogP contribution in [0.25, 0.3) is 16.9 Å². The minimum Gasteiger partial charge on any atom is -0.489 e. The van der Waals surface area contributed by atoms with Gasteiger partial charge in [-0.1, -0.05) is 66.2 Å². The van der Waals surface area contributed by atoms with Gasteiger partial charge in [-0.05, 0) is 60.2 Å². The topological polar surface area (TPSA) is 68.5 Å². The number of hydrogen-bond acceptors (Lipinski definition) is 4. The predicted molar refractivity (Wildman–Crippen MR) is 146 cm³/mol. The predicted octanol–water partition coefficient (Wildman–Crippen LogP) is 6.54. The molecule has 4 aromatic carbocycles. The lowest BCUT2D eigenvalue weighted by molar-refractivity contribution is 0.0955. The van der Waals surface area contributed by atoms with Crippen LogP contribution in [0.4, 0.5) is 0 Å². The van der Waals surface area contributed by atoms with Gasteiger partial charge in [0.15, 0.2) is 0 Å². The molecule has 7 heteroatoms. The van der Waals surface area contributed by atoms with Crippen molar-refractivity contribution < 1.29 is 9.53 Å². The highest BCUT2D eigenvalue weighted by molar-refractivity contribution is 6.30. The summed E-state index contributed by atoms with van der Waals surface area (Å²) >= 11 is 5.99. The smallest absolute Gasteiger partial charge is 0.271 e. The van der Waals surface area contributed by atoms with E-state index in [1.165, 1.54) is 0 Å². The molecular weight excluding hydrogens is 484 g/mol. The first-order valence-corrected chi connectivity index (χ1v) is 12.0. The largest absolute Gasteiger partial charge is 0.489 e. The molecule has 1 amide bonds. The van der Waals surface area contributed by atoms with Crippen LogP contribution in [-0.4, -0.2) is 21.9 Å². The molecule has 0 aliphatic rings. The molecule has 0 saturated carbocycles. The van der Waals surface area contributed by atoms with E-state index in [-0.39, 0.29) is 5.91 Å². The Labute approximate surface area is 219 Å². The molecule has 1 aromatic heterocycles. The molecule has 37 heavy (non-hydrogen) atoms. The number of hydrazone groups is 1. The van der Waals surface area contributed by atoms with Gasteiger partial charge in [-0.15, -0.1) is 0 Å². The van der Waals surface area contributed by atoms with Crippen LogP contribution in [0.15, 0.2) is 120 Å². The summed E-state index contributed by atoms with van der Waals surface area (Å²) in [5, 5.41) is 9.46. The highest BCUT2D eigenvalue weighted by Gasteiger charge is 2.12. The second-order valence-corrected chi connectivity index (χ2v) is 8.66. The molecule has 0 atom stereocenters. The Morgan fingerprint density at radius 2 is 1.65 bits per heavy atom. The minimum absolute atomic E-state index is 0.351. The lowest BCUT2D eigenvalue weighted by Gasteiger charge is -2.07. The Bertz CT molecular complexity index is 1510. The van der Waals surface area contributed by atoms with Gasteiger partial charge in [-0.2, -0.15) is 10.2 Å². The number of nitrogens with one attached hydrogen (secondary N) is 1. The van der Waals surface area contributed by atoms with E-state index in [4.69, 9.17) is 21.4 Å². The molecule has 5 aromatic rings. The van der Waals surface area contributed by atoms with Crippen molar-refractivity contribution in [2.75, 3.05) is 0 Å². The minimum atomic E-state index is -0.351. The molecular formula is C30H23ClN4O2. The molecule has 182 valence electrons. The highest BCUT2D eigenvalue weighted by atomic mass is 35.5. The van der Waals surface area contributed by atoms with Crippen LogP contribution in [0.1, 0.15) is 21.5 Å². The van der Waals surface area contributed by atoms with E-state index in [9.17, 15) is 4.79 Å². The number of ether oxygens (including phenoxy) is 1. The third kappa shape index (κ3) is 6.12. The van der Waals surface area contributed by atoms with Crippen LogP contribution in [-0.2, 0) is 6.61 Å². The Morgan fingerprint density at radius 1 is 0.919 bits per heavy atom. The average Bonchev–Trinajstić information content (AvgIpc) is 3.37. The SMILES string of the molecule is O=C(N/N=C/c1cn(-c2ccccc2)nc1-c1ccc(OCc2ccccc2)cc1)c1cccc(Cl)c1. The van der Waals surface area contributed by atoms with Crippen molar-refractivity contribution in [2.45, 2.75) is 6.61 Å². The maximum atomic E-state index is 12.5. The third-order valence-corrected chi connectivity index (χ3v) is 5.83. The fourth-order valence-electron chi connectivity index (χ4n) is 3.72. The van der Waals surface area contributed by atoms with Gasteiger partial charge >= 0.3 is 0 Å². The van der Waals surface area contributed by atoms with Crippen LogP contribution in [0.5, 0.6) is 5.75 Å². The monoisotopic (exact) mass is 506 g/mol. The van der Waals surface area contributed by atoms with Crippen LogP contribution in [0.2, 0.25) is 5.02 Å². The number of rotatable bonds is 8. The molecule has 0 radical (unpaired) electrons. The summed E-state index contributed by atoms with van der Waals surface area (Å²) in [7, 11) is 0. The molecule has 0 saturated heterocycles. The molecule has 5 rings (SSSR count). The van der Waals surface area contributed by atoms with Crippen LogP contribution >= 0.6 is 11.6 Å². The number of benzene rings is 4. The molecule has 1 N–H and O–H groups in total. The molecule has 0 fully saturated rings. The zero-order valence-corrected chi connectivity index (χ0v) is 20.5. The lowest BCUT2D eigenvalue weighted by Crippen LogP contribution is -2.17. The maximum Gasteiger partial charge on any atom is 0.271 e. The molecule has 6 nitrogen and oxygen atoms in total. The summed E-state index contributed by atoms with van der Waals surface area (Å²) in [6.07, 6.45) is 3.46. The first-order chi connectivity index (χ1) is 18.2. The summed E-state index contributed by atoms with van der Waals surface area (Å²) < 4.78 is 7.71. The van der Waals surface area contributed by atoms with E-state index in [2.05, 4.69) is 10.5 Å². The standard InChI is InChI=1S/C30H23ClN4O2/c31-26-11-7-10-24(18-26)30(36)33-32-19-25-20-35(27-12-5-2-6-13-27)34-29(25)23-14-16-28(17-15-23)37-21-22-8-3-1-4-9-22/h1-20H,21H2,(H,33,36)/b32-19+. The van der Waals surface area contributed by atoms with Crippen LogP contribution < -0.4 is 10.2 Å². The average molecular weight is 507 g/mol. The van der Waals surface area contributed by atoms with Gasteiger partial charge in [0.2, 0.25) is 0 Å². The van der Waals surface area contributed by atoms with Crippen molar-refractivity contribution in [3.8, 4) is 22.7 Å². The van der Waals surface area contributed by atoms with E-state index in [1.54, 1.807) is 35.2 Å². The molecule has 0 spiro atoms. The molecule has 1 heterocycles. The Hall–Kier alpha value is -4.68. The highest BCUT2D eigenvalue weighted by Crippen LogP contribution is 2.25. The van der Waals surface area contributed by atoms with E-state index >= 15 is 0 Å². The first-order valence-electron chi connectivity index (χ1n) is 11.7. The summed E-state index contributed by atoms with van der Waals surface area (Å²) in [6, 6.07) is 34.3. The quantitative estimate of drug-likeness (QED) is 0.192. The van der Waals surface area contributed by atoms with Gasteiger partial charge in [0.05, 0.1) is 11.9 Å². The van der Waals surface area contributed by atoms with Crippen molar-refractivity contribution in [1.82, 2.24) is 15.2 Å². The number of aromatic nitrogens is 2. The Kier molecular flexibility index (Phi) is 7.39. The van der Waals surface area contributed by atoms with Gasteiger partial charge in [-0.3, -0.25) is 4.79 Å². The molecule has 0 bridgehead atoms. The van der Waals surface area contributed by atoms with Gasteiger partial charge in [0, 0.05) is 27.9 Å². The zero-order chi connectivity index (χ0) is 25.5.